The monoisotopic (exact) mass is 324 g/mol. The lowest BCUT2D eigenvalue weighted by atomic mass is 10.1. The van der Waals surface area contributed by atoms with Crippen LogP contribution in [0.5, 0.6) is 0 Å². The topological polar surface area (TPSA) is 48.8 Å². The molecule has 0 amide bonds. The molecule has 0 unspecified atom stereocenters. The Hall–Kier alpha value is -2.40. The first kappa shape index (κ1) is 15.5. The Morgan fingerprint density at radius 1 is 0.783 bits per heavy atom. The summed E-state index contributed by atoms with van der Waals surface area (Å²) in [5, 5.41) is 8.84. The maximum absolute atomic E-state index is 4.28. The van der Waals surface area contributed by atoms with Gasteiger partial charge in [0.2, 0.25) is 0 Å². The Bertz CT molecular complexity index is 847. The van der Waals surface area contributed by atoms with Gasteiger partial charge in [-0.1, -0.05) is 24.3 Å². The first-order valence-electron chi connectivity index (χ1n) is 7.48. The maximum atomic E-state index is 4.28. The van der Waals surface area contributed by atoms with Gasteiger partial charge < -0.3 is 10.6 Å². The molecule has 4 nitrogen and oxygen atoms in total. The van der Waals surface area contributed by atoms with E-state index in [2.05, 4.69) is 57.0 Å². The van der Waals surface area contributed by atoms with Gasteiger partial charge in [0.1, 0.15) is 11.7 Å². The first-order chi connectivity index (χ1) is 11.2. The third kappa shape index (κ3) is 2.68. The lowest BCUT2D eigenvalue weighted by Crippen LogP contribution is -2.19. The fourth-order valence-electron chi connectivity index (χ4n) is 2.84. The maximum Gasteiger partial charge on any atom is 0.127 e. The molecule has 23 heavy (non-hydrogen) atoms. The van der Waals surface area contributed by atoms with Crippen LogP contribution in [0.3, 0.4) is 0 Å². The molecule has 0 bridgehead atoms. The Kier molecular flexibility index (Phi) is 4.30. The van der Waals surface area contributed by atoms with Crippen molar-refractivity contribution in [2.24, 2.45) is 9.98 Å². The highest BCUT2D eigenvalue weighted by atomic mass is 32.1. The van der Waals surface area contributed by atoms with Crippen LogP contribution in [-0.4, -0.2) is 39.9 Å². The van der Waals surface area contributed by atoms with Crippen LogP contribution in [0, 0.1) is 0 Å². The molecule has 0 atom stereocenters. The Balaban J connectivity index is 2.17. The molecule has 3 rings (SSSR count). The zero-order valence-electron chi connectivity index (χ0n) is 13.8. The van der Waals surface area contributed by atoms with E-state index < -0.39 is 0 Å². The van der Waals surface area contributed by atoms with E-state index in [1.54, 1.807) is 25.4 Å². The molecule has 0 saturated heterocycles. The molecule has 0 aliphatic heterocycles. The second-order valence-corrected chi connectivity index (χ2v) is 6.25. The van der Waals surface area contributed by atoms with E-state index in [-0.39, 0.29) is 0 Å². The molecule has 3 aromatic rings. The molecule has 5 heteroatoms. The minimum atomic E-state index is 0.903. The summed E-state index contributed by atoms with van der Waals surface area (Å²) in [6, 6.07) is 13.0. The molecule has 118 valence electrons. The molecule has 0 saturated carbocycles. The molecule has 0 radical (unpaired) electrons. The molecule has 2 N–H and O–H groups in total. The average molecular weight is 324 g/mol. The molecule has 1 aromatic heterocycles. The summed E-state index contributed by atoms with van der Waals surface area (Å²) in [5.41, 5.74) is 2.22. The summed E-state index contributed by atoms with van der Waals surface area (Å²) in [4.78, 5) is 8.57. The highest BCUT2D eigenvalue weighted by Crippen LogP contribution is 2.35. The number of thiophene rings is 1. The second kappa shape index (κ2) is 6.38. The fraction of sp³-hybridized carbons (Fsp3) is 0.222. The summed E-state index contributed by atoms with van der Waals surface area (Å²) in [6.45, 7) is 0. The van der Waals surface area contributed by atoms with E-state index in [4.69, 9.17) is 0 Å². The lowest BCUT2D eigenvalue weighted by Gasteiger charge is -2.05. The molecule has 2 aromatic carbocycles. The van der Waals surface area contributed by atoms with Crippen LogP contribution in [-0.2, 0) is 0 Å². The summed E-state index contributed by atoms with van der Waals surface area (Å²) in [7, 11) is 7.40. The average Bonchev–Trinajstić information content (AvgIpc) is 2.94. The molecular formula is C18H20N4S. The third-order valence-corrected chi connectivity index (χ3v) is 5.06. The van der Waals surface area contributed by atoms with Gasteiger partial charge in [-0.25, -0.2) is 0 Å². The Labute approximate surface area is 140 Å². The van der Waals surface area contributed by atoms with Crippen molar-refractivity contribution in [1.82, 2.24) is 10.6 Å². The summed E-state index contributed by atoms with van der Waals surface area (Å²) in [6.07, 6.45) is 0. The van der Waals surface area contributed by atoms with Crippen molar-refractivity contribution in [2.45, 2.75) is 0 Å². The quantitative estimate of drug-likeness (QED) is 0.561. The fourth-order valence-corrected chi connectivity index (χ4v) is 4.03. The number of rotatable bonds is 2. The summed E-state index contributed by atoms with van der Waals surface area (Å²) >= 11 is 1.80. The van der Waals surface area contributed by atoms with Crippen LogP contribution < -0.4 is 10.6 Å². The highest BCUT2D eigenvalue weighted by molar-refractivity contribution is 7.25. The van der Waals surface area contributed by atoms with Gasteiger partial charge in [-0.05, 0) is 12.1 Å². The van der Waals surface area contributed by atoms with Crippen LogP contribution >= 0.6 is 11.3 Å². The molecule has 0 fully saturated rings. The van der Waals surface area contributed by atoms with Crippen molar-refractivity contribution in [3.05, 3.63) is 47.5 Å². The lowest BCUT2D eigenvalue weighted by molar-refractivity contribution is 1.15. The van der Waals surface area contributed by atoms with Gasteiger partial charge in [-0.2, -0.15) is 0 Å². The smallest absolute Gasteiger partial charge is 0.127 e. The third-order valence-electron chi connectivity index (χ3n) is 3.94. The van der Waals surface area contributed by atoms with Crippen molar-refractivity contribution in [3.8, 4) is 0 Å². The van der Waals surface area contributed by atoms with Crippen LogP contribution in [0.25, 0.3) is 20.2 Å². The van der Waals surface area contributed by atoms with Gasteiger partial charge in [-0.15, -0.1) is 11.3 Å². The SMILES string of the molecule is CN=C(NC)c1ccc2c(c1)sc1cc(C(=NC)NC)ccc12. The van der Waals surface area contributed by atoms with Gasteiger partial charge in [0.05, 0.1) is 0 Å². The molecule has 0 aliphatic carbocycles. The minimum absolute atomic E-state index is 0.903. The largest absolute Gasteiger partial charge is 0.373 e. The zero-order valence-corrected chi connectivity index (χ0v) is 14.6. The van der Waals surface area contributed by atoms with Crippen LogP contribution in [0.2, 0.25) is 0 Å². The van der Waals surface area contributed by atoms with Crippen molar-refractivity contribution in [2.75, 3.05) is 28.2 Å². The Morgan fingerprint density at radius 2 is 1.22 bits per heavy atom. The van der Waals surface area contributed by atoms with E-state index in [1.165, 1.54) is 20.2 Å². The van der Waals surface area contributed by atoms with Crippen LogP contribution in [0.4, 0.5) is 0 Å². The molecule has 1 heterocycles. The van der Waals surface area contributed by atoms with Crippen molar-refractivity contribution in [1.29, 1.82) is 0 Å². The van der Waals surface area contributed by atoms with E-state index in [1.807, 2.05) is 14.1 Å². The number of hydrogen-bond acceptors (Lipinski definition) is 3. The van der Waals surface area contributed by atoms with Crippen molar-refractivity contribution in [3.63, 3.8) is 0 Å². The second-order valence-electron chi connectivity index (χ2n) is 5.17. The molecule has 0 aliphatic rings. The first-order valence-corrected chi connectivity index (χ1v) is 8.29. The van der Waals surface area contributed by atoms with Gasteiger partial charge >= 0.3 is 0 Å². The van der Waals surface area contributed by atoms with Gasteiger partial charge in [0.25, 0.3) is 0 Å². The van der Waals surface area contributed by atoms with Crippen LogP contribution in [0.15, 0.2) is 46.4 Å². The number of fused-ring (bicyclic) bond motifs is 3. The van der Waals surface area contributed by atoms with Crippen molar-refractivity contribution < 1.29 is 0 Å². The minimum Gasteiger partial charge on any atom is -0.373 e. The van der Waals surface area contributed by atoms with Gasteiger partial charge in [0, 0.05) is 59.5 Å². The summed E-state index contributed by atoms with van der Waals surface area (Å²) in [5.74, 6) is 1.81. The summed E-state index contributed by atoms with van der Waals surface area (Å²) < 4.78 is 2.54. The molecular weight excluding hydrogens is 304 g/mol. The zero-order chi connectivity index (χ0) is 16.4. The normalized spacial score (nSPS) is 12.9. The number of hydrogen-bond donors (Lipinski definition) is 2. The predicted octanol–water partition coefficient (Wildman–Crippen LogP) is 3.25. The van der Waals surface area contributed by atoms with Crippen LogP contribution in [0.1, 0.15) is 11.1 Å². The van der Waals surface area contributed by atoms with Gasteiger partial charge in [0.15, 0.2) is 0 Å². The number of aliphatic imine (C=N–C) groups is 2. The van der Waals surface area contributed by atoms with E-state index in [0.717, 1.165) is 22.8 Å². The number of nitrogens with zero attached hydrogens (tertiary/aromatic N) is 2. The number of nitrogens with one attached hydrogen (secondary N) is 2. The van der Waals surface area contributed by atoms with Gasteiger partial charge in [-0.3, -0.25) is 9.98 Å². The highest BCUT2D eigenvalue weighted by Gasteiger charge is 2.10. The van der Waals surface area contributed by atoms with E-state index >= 15 is 0 Å². The Morgan fingerprint density at radius 3 is 1.57 bits per heavy atom. The standard InChI is InChI=1S/C18H20N4S/c1-19-17(20-2)11-5-7-13-14-8-6-12(18(21-3)22-4)10-16(14)23-15(13)9-11/h5-10H,1-4H3,(H,19,20)(H,21,22). The molecule has 0 spiro atoms. The van der Waals surface area contributed by atoms with E-state index in [0.29, 0.717) is 0 Å². The predicted molar refractivity (Wildman–Crippen MR) is 102 cm³/mol. The number of amidine groups is 2. The van der Waals surface area contributed by atoms with Crippen molar-refractivity contribution >= 4 is 43.2 Å². The van der Waals surface area contributed by atoms with E-state index in [9.17, 15) is 0 Å². The number of benzene rings is 2.